The molecule has 1 fully saturated rings. The standard InChI is InChI=1S/C26H25NO2/c1-18-13-15-19(16-14-18)24-23(26(29)21-11-7-4-8-12-21)22(17-27(24)2)25(28)20-9-5-3-6-10-20/h3-16,22-24H,17H2,1-2H3. The van der Waals surface area contributed by atoms with Crippen molar-refractivity contribution in [2.24, 2.45) is 11.8 Å². The second-order valence-electron chi connectivity index (χ2n) is 7.89. The Morgan fingerprint density at radius 1 is 0.759 bits per heavy atom. The number of hydrogen-bond donors (Lipinski definition) is 0. The third-order valence-corrected chi connectivity index (χ3v) is 5.91. The molecule has 0 bridgehead atoms. The van der Waals surface area contributed by atoms with Crippen LogP contribution < -0.4 is 0 Å². The lowest BCUT2D eigenvalue weighted by Gasteiger charge is -2.26. The van der Waals surface area contributed by atoms with E-state index in [1.807, 2.05) is 67.7 Å². The van der Waals surface area contributed by atoms with Gasteiger partial charge in [0.2, 0.25) is 0 Å². The highest BCUT2D eigenvalue weighted by Crippen LogP contribution is 2.43. The molecule has 3 aromatic rings. The van der Waals surface area contributed by atoms with Crippen LogP contribution >= 0.6 is 0 Å². The minimum absolute atomic E-state index is 0.0369. The molecule has 1 aliphatic rings. The predicted octanol–water partition coefficient (Wildman–Crippen LogP) is 4.98. The van der Waals surface area contributed by atoms with E-state index in [4.69, 9.17) is 0 Å². The average molecular weight is 383 g/mol. The third-order valence-electron chi connectivity index (χ3n) is 5.91. The zero-order chi connectivity index (χ0) is 20.4. The Morgan fingerprint density at radius 2 is 1.28 bits per heavy atom. The number of carbonyl (C=O) groups excluding carboxylic acids is 2. The number of carbonyl (C=O) groups is 2. The van der Waals surface area contributed by atoms with Crippen molar-refractivity contribution in [2.45, 2.75) is 13.0 Å². The Balaban J connectivity index is 1.77. The molecule has 0 radical (unpaired) electrons. The van der Waals surface area contributed by atoms with Crippen LogP contribution in [0.4, 0.5) is 0 Å². The summed E-state index contributed by atoms with van der Waals surface area (Å²) in [5.74, 6) is -0.713. The molecule has 0 amide bonds. The van der Waals surface area contributed by atoms with Crippen molar-refractivity contribution < 1.29 is 9.59 Å². The van der Waals surface area contributed by atoms with Gasteiger partial charge in [0.1, 0.15) is 0 Å². The van der Waals surface area contributed by atoms with E-state index in [-0.39, 0.29) is 23.5 Å². The Bertz CT molecular complexity index is 996. The number of Topliss-reactive ketones (excluding diaryl/α,β-unsaturated/α-hetero) is 2. The van der Waals surface area contributed by atoms with Crippen molar-refractivity contribution in [1.29, 1.82) is 0 Å². The van der Waals surface area contributed by atoms with Gasteiger partial charge in [-0.3, -0.25) is 14.5 Å². The molecule has 3 nitrogen and oxygen atoms in total. The van der Waals surface area contributed by atoms with E-state index >= 15 is 0 Å². The van der Waals surface area contributed by atoms with Crippen molar-refractivity contribution in [3.63, 3.8) is 0 Å². The first kappa shape index (κ1) is 19.3. The van der Waals surface area contributed by atoms with Gasteiger partial charge in [0.15, 0.2) is 11.6 Å². The molecular weight excluding hydrogens is 358 g/mol. The molecule has 0 aliphatic carbocycles. The van der Waals surface area contributed by atoms with Crippen LogP contribution in [0.1, 0.15) is 37.9 Å². The molecule has 4 rings (SSSR count). The van der Waals surface area contributed by atoms with E-state index in [0.29, 0.717) is 17.7 Å². The molecule has 3 heteroatoms. The lowest BCUT2D eigenvalue weighted by Crippen LogP contribution is -2.30. The zero-order valence-corrected chi connectivity index (χ0v) is 16.8. The van der Waals surface area contributed by atoms with Crippen molar-refractivity contribution in [1.82, 2.24) is 4.90 Å². The van der Waals surface area contributed by atoms with Gasteiger partial charge in [-0.25, -0.2) is 0 Å². The van der Waals surface area contributed by atoms with Gasteiger partial charge in [-0.15, -0.1) is 0 Å². The van der Waals surface area contributed by atoms with E-state index in [2.05, 4.69) is 36.1 Å². The van der Waals surface area contributed by atoms with Crippen LogP contribution in [0.25, 0.3) is 0 Å². The van der Waals surface area contributed by atoms with Crippen molar-refractivity contribution >= 4 is 11.6 Å². The maximum Gasteiger partial charge on any atom is 0.168 e. The normalized spacial score (nSPS) is 21.8. The van der Waals surface area contributed by atoms with Gasteiger partial charge in [0, 0.05) is 29.6 Å². The number of likely N-dealkylation sites (tertiary alicyclic amines) is 1. The molecule has 29 heavy (non-hydrogen) atoms. The van der Waals surface area contributed by atoms with Crippen LogP contribution in [0.2, 0.25) is 0 Å². The minimum atomic E-state index is -0.419. The summed E-state index contributed by atoms with van der Waals surface area (Å²) in [5, 5.41) is 0. The largest absolute Gasteiger partial charge is 0.298 e. The summed E-state index contributed by atoms with van der Waals surface area (Å²) >= 11 is 0. The van der Waals surface area contributed by atoms with Crippen LogP contribution in [0.5, 0.6) is 0 Å². The van der Waals surface area contributed by atoms with E-state index in [9.17, 15) is 9.59 Å². The number of benzene rings is 3. The van der Waals surface area contributed by atoms with Crippen LogP contribution in [0.3, 0.4) is 0 Å². The topological polar surface area (TPSA) is 37.4 Å². The van der Waals surface area contributed by atoms with Gasteiger partial charge < -0.3 is 0 Å². The Morgan fingerprint density at radius 3 is 1.83 bits per heavy atom. The van der Waals surface area contributed by atoms with Crippen LogP contribution in [-0.4, -0.2) is 30.1 Å². The summed E-state index contributed by atoms with van der Waals surface area (Å²) in [6.45, 7) is 2.62. The monoisotopic (exact) mass is 383 g/mol. The lowest BCUT2D eigenvalue weighted by molar-refractivity contribution is 0.0785. The maximum atomic E-state index is 13.6. The average Bonchev–Trinajstić information content (AvgIpc) is 3.11. The van der Waals surface area contributed by atoms with Crippen LogP contribution in [-0.2, 0) is 0 Å². The lowest BCUT2D eigenvalue weighted by atomic mass is 9.78. The molecule has 3 aromatic carbocycles. The fraction of sp³-hybridized carbons (Fsp3) is 0.231. The molecule has 1 saturated heterocycles. The molecule has 1 heterocycles. The molecule has 0 N–H and O–H groups in total. The smallest absolute Gasteiger partial charge is 0.168 e. The summed E-state index contributed by atoms with van der Waals surface area (Å²) in [6, 6.07) is 26.8. The quantitative estimate of drug-likeness (QED) is 0.583. The number of aryl methyl sites for hydroxylation is 1. The van der Waals surface area contributed by atoms with Gasteiger partial charge in [0.05, 0.1) is 5.92 Å². The molecule has 1 aliphatic heterocycles. The SMILES string of the molecule is Cc1ccc(C2C(C(=O)c3ccccc3)C(C(=O)c3ccccc3)CN2C)cc1. The molecule has 0 aromatic heterocycles. The fourth-order valence-electron chi connectivity index (χ4n) is 4.44. The molecule has 3 unspecified atom stereocenters. The highest BCUT2D eigenvalue weighted by Gasteiger charge is 2.48. The summed E-state index contributed by atoms with van der Waals surface area (Å²) < 4.78 is 0. The number of ketones is 2. The van der Waals surface area contributed by atoms with E-state index in [0.717, 1.165) is 5.56 Å². The number of rotatable bonds is 5. The van der Waals surface area contributed by atoms with Gasteiger partial charge >= 0.3 is 0 Å². The third kappa shape index (κ3) is 3.79. The molecular formula is C26H25NO2. The second-order valence-corrected chi connectivity index (χ2v) is 7.89. The summed E-state index contributed by atoms with van der Waals surface area (Å²) in [5.41, 5.74) is 3.59. The molecule has 146 valence electrons. The van der Waals surface area contributed by atoms with Crippen molar-refractivity contribution in [2.75, 3.05) is 13.6 Å². The Hall–Kier alpha value is -3.04. The van der Waals surface area contributed by atoms with Crippen molar-refractivity contribution in [3.8, 4) is 0 Å². The predicted molar refractivity (Wildman–Crippen MR) is 115 cm³/mol. The summed E-state index contributed by atoms with van der Waals surface area (Å²) in [7, 11) is 2.01. The molecule has 0 spiro atoms. The zero-order valence-electron chi connectivity index (χ0n) is 16.8. The first-order valence-electron chi connectivity index (χ1n) is 10.0. The maximum absolute atomic E-state index is 13.6. The van der Waals surface area contributed by atoms with Gasteiger partial charge in [-0.2, -0.15) is 0 Å². The van der Waals surface area contributed by atoms with Crippen LogP contribution in [0.15, 0.2) is 84.9 Å². The second kappa shape index (κ2) is 8.14. The Kier molecular flexibility index (Phi) is 5.41. The van der Waals surface area contributed by atoms with Gasteiger partial charge in [0.25, 0.3) is 0 Å². The molecule has 0 saturated carbocycles. The van der Waals surface area contributed by atoms with Crippen LogP contribution in [0, 0.1) is 18.8 Å². The van der Waals surface area contributed by atoms with Gasteiger partial charge in [-0.05, 0) is 19.5 Å². The first-order valence-corrected chi connectivity index (χ1v) is 10.0. The minimum Gasteiger partial charge on any atom is -0.298 e. The highest BCUT2D eigenvalue weighted by atomic mass is 16.1. The van der Waals surface area contributed by atoms with Gasteiger partial charge in [-0.1, -0.05) is 90.5 Å². The van der Waals surface area contributed by atoms with E-state index in [1.54, 1.807) is 0 Å². The summed E-state index contributed by atoms with van der Waals surface area (Å²) in [4.78, 5) is 29.2. The van der Waals surface area contributed by atoms with Crippen molar-refractivity contribution in [3.05, 3.63) is 107 Å². The van der Waals surface area contributed by atoms with E-state index < -0.39 is 5.92 Å². The molecule has 3 atom stereocenters. The first-order chi connectivity index (χ1) is 14.1. The van der Waals surface area contributed by atoms with E-state index in [1.165, 1.54) is 5.56 Å². The Labute approximate surface area is 172 Å². The number of nitrogens with zero attached hydrogens (tertiary/aromatic N) is 1. The summed E-state index contributed by atoms with van der Waals surface area (Å²) in [6.07, 6.45) is 0. The fourth-order valence-corrected chi connectivity index (χ4v) is 4.44. The number of hydrogen-bond acceptors (Lipinski definition) is 3. The highest BCUT2D eigenvalue weighted by molar-refractivity contribution is 6.05.